The van der Waals surface area contributed by atoms with Crippen LogP contribution < -0.4 is 14.9 Å². The first-order valence-electron chi connectivity index (χ1n) is 11.0. The minimum atomic E-state index is -3.81. The normalized spacial score (nSPS) is 11.2. The van der Waals surface area contributed by atoms with Crippen LogP contribution >= 0.6 is 11.6 Å². The summed E-state index contributed by atoms with van der Waals surface area (Å²) in [6, 6.07) is 23.2. The Bertz CT molecular complexity index is 1590. The molecule has 0 saturated carbocycles. The van der Waals surface area contributed by atoms with Gasteiger partial charge in [0, 0.05) is 16.3 Å². The highest BCUT2D eigenvalue weighted by atomic mass is 35.5. The Morgan fingerprint density at radius 1 is 0.868 bits per heavy atom. The first kappa shape index (κ1) is 26.5. The summed E-state index contributed by atoms with van der Waals surface area (Å²) in [4.78, 5) is 24.5. The zero-order chi connectivity index (χ0) is 27.1. The van der Waals surface area contributed by atoms with Crippen LogP contribution in [0.15, 0.2) is 107 Å². The number of ether oxygens (including phenoxy) is 1. The van der Waals surface area contributed by atoms with Gasteiger partial charge in [-0.25, -0.2) is 23.0 Å². The van der Waals surface area contributed by atoms with Crippen molar-refractivity contribution in [2.45, 2.75) is 4.90 Å². The molecule has 0 atom stereocenters. The van der Waals surface area contributed by atoms with E-state index >= 15 is 0 Å². The van der Waals surface area contributed by atoms with Crippen LogP contribution in [0.25, 0.3) is 0 Å². The van der Waals surface area contributed by atoms with Crippen LogP contribution in [0.5, 0.6) is 5.75 Å². The van der Waals surface area contributed by atoms with Gasteiger partial charge in [-0.05, 0) is 90.5 Å². The van der Waals surface area contributed by atoms with E-state index in [4.69, 9.17) is 16.3 Å². The van der Waals surface area contributed by atoms with Gasteiger partial charge in [-0.15, -0.1) is 0 Å². The lowest BCUT2D eigenvalue weighted by Gasteiger charge is -2.09. The molecule has 0 fully saturated rings. The molecule has 38 heavy (non-hydrogen) atoms. The van der Waals surface area contributed by atoms with Gasteiger partial charge in [-0.1, -0.05) is 23.7 Å². The van der Waals surface area contributed by atoms with Crippen LogP contribution in [-0.2, 0) is 10.0 Å². The molecule has 0 saturated heterocycles. The van der Waals surface area contributed by atoms with Crippen LogP contribution in [0.4, 0.5) is 10.1 Å². The monoisotopic (exact) mass is 551 g/mol. The molecule has 4 aromatic rings. The van der Waals surface area contributed by atoms with Crippen molar-refractivity contribution in [2.24, 2.45) is 5.10 Å². The van der Waals surface area contributed by atoms with E-state index in [9.17, 15) is 22.4 Å². The van der Waals surface area contributed by atoms with Crippen molar-refractivity contribution in [3.63, 3.8) is 0 Å². The molecular weight excluding hydrogens is 533 g/mol. The fourth-order valence-electron chi connectivity index (χ4n) is 3.16. The molecule has 8 nitrogen and oxygen atoms in total. The molecule has 0 radical (unpaired) electrons. The number of esters is 1. The van der Waals surface area contributed by atoms with Gasteiger partial charge in [-0.3, -0.25) is 9.52 Å². The van der Waals surface area contributed by atoms with Gasteiger partial charge in [0.2, 0.25) is 0 Å². The van der Waals surface area contributed by atoms with Crippen LogP contribution in [0, 0.1) is 5.82 Å². The molecule has 11 heteroatoms. The Morgan fingerprint density at radius 3 is 2.18 bits per heavy atom. The topological polar surface area (TPSA) is 114 Å². The number of amides is 1. The van der Waals surface area contributed by atoms with E-state index in [1.165, 1.54) is 91.1 Å². The average molecular weight is 552 g/mol. The van der Waals surface area contributed by atoms with Gasteiger partial charge in [0.05, 0.1) is 16.7 Å². The molecule has 0 bridgehead atoms. The highest BCUT2D eigenvalue weighted by Gasteiger charge is 2.15. The predicted octanol–water partition coefficient (Wildman–Crippen LogP) is 5.26. The molecule has 0 aliphatic carbocycles. The van der Waals surface area contributed by atoms with Gasteiger partial charge in [0.15, 0.2) is 0 Å². The maximum absolute atomic E-state index is 13.7. The number of nitrogens with one attached hydrogen (secondary N) is 2. The summed E-state index contributed by atoms with van der Waals surface area (Å²) in [5.41, 5.74) is 3.33. The summed E-state index contributed by atoms with van der Waals surface area (Å²) in [6.07, 6.45) is 1.38. The van der Waals surface area contributed by atoms with Crippen molar-refractivity contribution in [1.82, 2.24) is 5.43 Å². The number of hydrogen-bond donors (Lipinski definition) is 2. The third-order valence-corrected chi connectivity index (χ3v) is 6.74. The van der Waals surface area contributed by atoms with Crippen molar-refractivity contribution in [2.75, 3.05) is 4.72 Å². The number of carbonyl (C=O) groups excluding carboxylic acids is 2. The summed E-state index contributed by atoms with van der Waals surface area (Å²) in [7, 11) is -3.81. The average Bonchev–Trinajstić information content (AvgIpc) is 2.90. The molecule has 4 rings (SSSR count). The predicted molar refractivity (Wildman–Crippen MR) is 142 cm³/mol. The van der Waals surface area contributed by atoms with Gasteiger partial charge in [0.1, 0.15) is 11.6 Å². The Labute approximate surface area is 222 Å². The largest absolute Gasteiger partial charge is 0.423 e. The highest BCUT2D eigenvalue weighted by Crippen LogP contribution is 2.19. The van der Waals surface area contributed by atoms with E-state index in [0.29, 0.717) is 10.6 Å². The fourth-order valence-corrected chi connectivity index (χ4v) is 4.34. The molecular formula is C27H19ClFN3O5S. The number of carbonyl (C=O) groups is 2. The lowest BCUT2D eigenvalue weighted by Crippen LogP contribution is -2.18. The minimum Gasteiger partial charge on any atom is -0.423 e. The molecule has 192 valence electrons. The molecule has 0 aliphatic rings. The first-order chi connectivity index (χ1) is 18.2. The number of hydrazone groups is 1. The Hall–Kier alpha value is -4.54. The molecule has 1 amide bonds. The lowest BCUT2D eigenvalue weighted by atomic mass is 10.2. The molecule has 0 aliphatic heterocycles. The molecule has 0 heterocycles. The molecule has 4 aromatic carbocycles. The van der Waals surface area contributed by atoms with Gasteiger partial charge in [0.25, 0.3) is 15.9 Å². The van der Waals surface area contributed by atoms with Crippen molar-refractivity contribution < 1.29 is 27.1 Å². The first-order valence-corrected chi connectivity index (χ1v) is 12.9. The van der Waals surface area contributed by atoms with Gasteiger partial charge < -0.3 is 4.74 Å². The van der Waals surface area contributed by atoms with Crippen molar-refractivity contribution in [1.29, 1.82) is 0 Å². The third-order valence-electron chi connectivity index (χ3n) is 5.09. The van der Waals surface area contributed by atoms with E-state index in [-0.39, 0.29) is 27.5 Å². The Balaban J connectivity index is 1.31. The van der Waals surface area contributed by atoms with Crippen LogP contribution in [0.1, 0.15) is 26.3 Å². The summed E-state index contributed by atoms with van der Waals surface area (Å²) in [5.74, 6) is -1.79. The van der Waals surface area contributed by atoms with Crippen LogP contribution in [0.3, 0.4) is 0 Å². The summed E-state index contributed by atoms with van der Waals surface area (Å²) < 4.78 is 46.2. The highest BCUT2D eigenvalue weighted by molar-refractivity contribution is 7.92. The third kappa shape index (κ3) is 6.81. The summed E-state index contributed by atoms with van der Waals surface area (Å²) in [5, 5.41) is 4.31. The maximum Gasteiger partial charge on any atom is 0.346 e. The second kappa shape index (κ2) is 11.7. The summed E-state index contributed by atoms with van der Waals surface area (Å²) >= 11 is 5.80. The van der Waals surface area contributed by atoms with Crippen LogP contribution in [-0.4, -0.2) is 26.5 Å². The standard InChI is InChI=1S/C27H19ClFN3O5S/c28-20-9-15-23(16-10-20)38(35,36)32-21-11-7-19(8-12-21)26(33)31-30-17-18-5-13-22(14-6-18)37-27(34)24-3-1-2-4-25(24)29/h1-17,32H,(H,31,33). The number of benzene rings is 4. The Kier molecular flexibility index (Phi) is 8.15. The fraction of sp³-hybridized carbons (Fsp3) is 0. The second-order valence-electron chi connectivity index (χ2n) is 7.77. The number of halogens is 2. The molecule has 0 spiro atoms. The van der Waals surface area contributed by atoms with E-state index in [1.54, 1.807) is 12.1 Å². The lowest BCUT2D eigenvalue weighted by molar-refractivity contribution is 0.0729. The van der Waals surface area contributed by atoms with Crippen molar-refractivity contribution >= 4 is 45.4 Å². The second-order valence-corrected chi connectivity index (χ2v) is 9.89. The number of anilines is 1. The number of sulfonamides is 1. The molecule has 0 aromatic heterocycles. The smallest absolute Gasteiger partial charge is 0.346 e. The van der Waals surface area contributed by atoms with E-state index in [2.05, 4.69) is 15.2 Å². The maximum atomic E-state index is 13.7. The SMILES string of the molecule is O=C(NN=Cc1ccc(OC(=O)c2ccccc2F)cc1)c1ccc(NS(=O)(=O)c2ccc(Cl)cc2)cc1. The van der Waals surface area contributed by atoms with Gasteiger partial charge in [-0.2, -0.15) is 5.10 Å². The van der Waals surface area contributed by atoms with Gasteiger partial charge >= 0.3 is 5.97 Å². The number of hydrogen-bond acceptors (Lipinski definition) is 6. The quantitative estimate of drug-likeness (QED) is 0.134. The molecule has 0 unspecified atom stereocenters. The zero-order valence-corrected chi connectivity index (χ0v) is 21.0. The van der Waals surface area contributed by atoms with E-state index < -0.39 is 27.7 Å². The van der Waals surface area contributed by atoms with Crippen LogP contribution in [0.2, 0.25) is 5.02 Å². The van der Waals surface area contributed by atoms with E-state index in [1.807, 2.05) is 0 Å². The summed E-state index contributed by atoms with van der Waals surface area (Å²) in [6.45, 7) is 0. The number of rotatable bonds is 8. The zero-order valence-electron chi connectivity index (χ0n) is 19.5. The van der Waals surface area contributed by atoms with E-state index in [0.717, 1.165) is 0 Å². The van der Waals surface area contributed by atoms with Crippen molar-refractivity contribution in [3.05, 3.63) is 125 Å². The van der Waals surface area contributed by atoms with Crippen molar-refractivity contribution in [3.8, 4) is 5.75 Å². The minimum absolute atomic E-state index is 0.0503. The Morgan fingerprint density at radius 2 is 1.53 bits per heavy atom. The number of nitrogens with zero attached hydrogens (tertiary/aromatic N) is 1. The molecule has 2 N–H and O–H groups in total.